The van der Waals surface area contributed by atoms with Gasteiger partial charge in [0.25, 0.3) is 0 Å². The third kappa shape index (κ3) is 3.13. The summed E-state index contributed by atoms with van der Waals surface area (Å²) in [6.45, 7) is 5.15. The predicted molar refractivity (Wildman–Crippen MR) is 78.7 cm³/mol. The van der Waals surface area contributed by atoms with Crippen LogP contribution in [0.5, 0.6) is 0 Å². The molecule has 0 spiro atoms. The predicted octanol–water partition coefficient (Wildman–Crippen LogP) is 0.880. The van der Waals surface area contributed by atoms with E-state index in [1.165, 1.54) is 0 Å². The Morgan fingerprint density at radius 1 is 1.18 bits per heavy atom. The van der Waals surface area contributed by atoms with Crippen molar-refractivity contribution < 1.29 is 19.2 Å². The average molecular weight is 309 g/mol. The summed E-state index contributed by atoms with van der Waals surface area (Å²) < 4.78 is 0. The molecule has 7 nitrogen and oxygen atoms in total. The van der Waals surface area contributed by atoms with Crippen LogP contribution in [0.2, 0.25) is 0 Å². The van der Waals surface area contributed by atoms with E-state index >= 15 is 0 Å². The molecule has 2 atom stereocenters. The van der Waals surface area contributed by atoms with Gasteiger partial charge in [0.15, 0.2) is 0 Å². The van der Waals surface area contributed by atoms with E-state index in [1.54, 1.807) is 13.8 Å². The first-order chi connectivity index (χ1) is 10.3. The number of nitrogens with one attached hydrogen (secondary N) is 1. The van der Waals surface area contributed by atoms with Crippen molar-refractivity contribution in [1.29, 1.82) is 0 Å². The highest BCUT2D eigenvalue weighted by Crippen LogP contribution is 2.31. The molecule has 0 aromatic heterocycles. The molecule has 0 aromatic rings. The lowest BCUT2D eigenvalue weighted by molar-refractivity contribution is -0.145. The molecule has 5 amide bonds. The van der Waals surface area contributed by atoms with E-state index in [4.69, 9.17) is 0 Å². The monoisotopic (exact) mass is 309 g/mol. The van der Waals surface area contributed by atoms with Gasteiger partial charge in [0, 0.05) is 12.1 Å². The van der Waals surface area contributed by atoms with Crippen LogP contribution in [-0.4, -0.2) is 52.2 Å². The minimum atomic E-state index is -0.901. The van der Waals surface area contributed by atoms with E-state index in [-0.39, 0.29) is 18.0 Å². The molecule has 22 heavy (non-hydrogen) atoms. The molecule has 2 rings (SSSR count). The highest BCUT2D eigenvalue weighted by Gasteiger charge is 2.49. The Labute approximate surface area is 130 Å². The summed E-state index contributed by atoms with van der Waals surface area (Å²) in [6.07, 6.45) is 3.66. The fraction of sp³-hybridized carbons (Fsp3) is 0.733. The molecule has 1 aliphatic heterocycles. The number of carbonyl (C=O) groups excluding carboxylic acids is 4. The van der Waals surface area contributed by atoms with Gasteiger partial charge < -0.3 is 5.32 Å². The molecule has 1 N–H and O–H groups in total. The number of carbonyl (C=O) groups is 4. The summed E-state index contributed by atoms with van der Waals surface area (Å²) >= 11 is 0. The van der Waals surface area contributed by atoms with Crippen LogP contribution in [-0.2, 0) is 14.4 Å². The van der Waals surface area contributed by atoms with Gasteiger partial charge in [-0.05, 0) is 32.6 Å². The van der Waals surface area contributed by atoms with Crippen LogP contribution in [0, 0.1) is 5.92 Å². The van der Waals surface area contributed by atoms with Crippen molar-refractivity contribution in [2.45, 2.75) is 58.5 Å². The SMILES string of the molecule is CC(C)NC(=O)CN1C(=O)C(=O)N([C@H]2CCCC[C@@H]2C)C1=O. The van der Waals surface area contributed by atoms with E-state index in [2.05, 4.69) is 5.32 Å². The van der Waals surface area contributed by atoms with E-state index < -0.39 is 30.3 Å². The first kappa shape index (κ1) is 16.5. The van der Waals surface area contributed by atoms with Crippen molar-refractivity contribution in [3.63, 3.8) is 0 Å². The zero-order valence-electron chi connectivity index (χ0n) is 13.3. The van der Waals surface area contributed by atoms with Crippen LogP contribution < -0.4 is 5.32 Å². The minimum Gasteiger partial charge on any atom is -0.352 e. The zero-order chi connectivity index (χ0) is 16.4. The highest BCUT2D eigenvalue weighted by atomic mass is 16.2. The third-order valence-electron chi connectivity index (χ3n) is 4.23. The maximum Gasteiger partial charge on any atom is 0.334 e. The smallest absolute Gasteiger partial charge is 0.334 e. The van der Waals surface area contributed by atoms with Gasteiger partial charge in [0.2, 0.25) is 5.91 Å². The normalized spacial score (nSPS) is 26.1. The summed E-state index contributed by atoms with van der Waals surface area (Å²) in [5.41, 5.74) is 0. The number of hydrogen-bond acceptors (Lipinski definition) is 4. The molecular formula is C15H23N3O4. The van der Waals surface area contributed by atoms with E-state index in [9.17, 15) is 19.2 Å². The van der Waals surface area contributed by atoms with E-state index in [0.29, 0.717) is 0 Å². The van der Waals surface area contributed by atoms with Crippen molar-refractivity contribution >= 4 is 23.8 Å². The van der Waals surface area contributed by atoms with Gasteiger partial charge in [-0.1, -0.05) is 19.8 Å². The Kier molecular flexibility index (Phi) is 4.83. The van der Waals surface area contributed by atoms with Crippen LogP contribution in [0.3, 0.4) is 0 Å². The Hall–Kier alpha value is -1.92. The zero-order valence-corrected chi connectivity index (χ0v) is 13.3. The second kappa shape index (κ2) is 6.46. The lowest BCUT2D eigenvalue weighted by Crippen LogP contribution is -2.47. The summed E-state index contributed by atoms with van der Waals surface area (Å²) in [7, 11) is 0. The summed E-state index contributed by atoms with van der Waals surface area (Å²) in [5, 5.41) is 2.61. The minimum absolute atomic E-state index is 0.0921. The fourth-order valence-corrected chi connectivity index (χ4v) is 3.15. The molecule has 1 saturated heterocycles. The molecule has 1 heterocycles. The fourth-order valence-electron chi connectivity index (χ4n) is 3.15. The van der Waals surface area contributed by atoms with Gasteiger partial charge in [-0.3, -0.25) is 19.3 Å². The highest BCUT2D eigenvalue weighted by molar-refractivity contribution is 6.45. The number of rotatable bonds is 4. The summed E-state index contributed by atoms with van der Waals surface area (Å²) in [5.74, 6) is -1.97. The molecule has 2 aliphatic rings. The van der Waals surface area contributed by atoms with Crippen LogP contribution >= 0.6 is 0 Å². The molecule has 0 unspecified atom stereocenters. The van der Waals surface area contributed by atoms with Crippen LogP contribution in [0.1, 0.15) is 46.5 Å². The average Bonchev–Trinajstić information content (AvgIpc) is 2.63. The van der Waals surface area contributed by atoms with Crippen LogP contribution in [0.25, 0.3) is 0 Å². The second-order valence-corrected chi connectivity index (χ2v) is 6.40. The summed E-state index contributed by atoms with van der Waals surface area (Å²) in [4.78, 5) is 50.2. The molecular weight excluding hydrogens is 286 g/mol. The number of imide groups is 2. The van der Waals surface area contributed by atoms with Crippen LogP contribution in [0.4, 0.5) is 4.79 Å². The molecule has 7 heteroatoms. The number of urea groups is 1. The maximum absolute atomic E-state index is 12.4. The topological polar surface area (TPSA) is 86.8 Å². The molecule has 122 valence electrons. The van der Waals surface area contributed by atoms with Crippen molar-refractivity contribution in [2.24, 2.45) is 5.92 Å². The molecule has 0 bridgehead atoms. The summed E-state index contributed by atoms with van der Waals surface area (Å²) in [6, 6.07) is -0.992. The van der Waals surface area contributed by atoms with Crippen LogP contribution in [0.15, 0.2) is 0 Å². The van der Waals surface area contributed by atoms with Gasteiger partial charge in [0.1, 0.15) is 6.54 Å². The Morgan fingerprint density at radius 2 is 1.82 bits per heavy atom. The lowest BCUT2D eigenvalue weighted by atomic mass is 9.85. The van der Waals surface area contributed by atoms with Gasteiger partial charge in [-0.2, -0.15) is 0 Å². The number of nitrogens with zero attached hydrogens (tertiary/aromatic N) is 2. The first-order valence-corrected chi connectivity index (χ1v) is 7.81. The van der Waals surface area contributed by atoms with E-state index in [0.717, 1.165) is 35.5 Å². The van der Waals surface area contributed by atoms with Gasteiger partial charge in [-0.25, -0.2) is 9.69 Å². The first-order valence-electron chi connectivity index (χ1n) is 7.81. The standard InChI is InChI=1S/C15H23N3O4/c1-9(2)16-12(19)8-17-13(20)14(21)18(15(17)22)11-7-5-4-6-10(11)3/h9-11H,4-8H2,1-3H3,(H,16,19)/t10-,11-/m0/s1. The van der Waals surface area contributed by atoms with Crippen molar-refractivity contribution in [3.05, 3.63) is 0 Å². The van der Waals surface area contributed by atoms with Gasteiger partial charge in [0.05, 0.1) is 0 Å². The number of hydrogen-bond donors (Lipinski definition) is 1. The maximum atomic E-state index is 12.4. The third-order valence-corrected chi connectivity index (χ3v) is 4.23. The molecule has 2 fully saturated rings. The molecule has 1 aliphatic carbocycles. The van der Waals surface area contributed by atoms with Crippen molar-refractivity contribution in [1.82, 2.24) is 15.1 Å². The van der Waals surface area contributed by atoms with Gasteiger partial charge >= 0.3 is 17.8 Å². The van der Waals surface area contributed by atoms with Gasteiger partial charge in [-0.15, -0.1) is 0 Å². The molecule has 0 aromatic carbocycles. The molecule has 0 radical (unpaired) electrons. The van der Waals surface area contributed by atoms with E-state index in [1.807, 2.05) is 6.92 Å². The largest absolute Gasteiger partial charge is 0.352 e. The van der Waals surface area contributed by atoms with Crippen molar-refractivity contribution in [3.8, 4) is 0 Å². The Balaban J connectivity index is 2.12. The second-order valence-electron chi connectivity index (χ2n) is 6.40. The van der Waals surface area contributed by atoms with Crippen molar-refractivity contribution in [2.75, 3.05) is 6.54 Å². The lowest BCUT2D eigenvalue weighted by Gasteiger charge is -2.34. The number of amides is 5. The molecule has 1 saturated carbocycles. The Bertz CT molecular complexity index is 503. The quantitative estimate of drug-likeness (QED) is 0.617. The Morgan fingerprint density at radius 3 is 2.41 bits per heavy atom.